The van der Waals surface area contributed by atoms with Crippen molar-refractivity contribution in [2.24, 2.45) is 0 Å². The van der Waals surface area contributed by atoms with Gasteiger partial charge in [-0.15, -0.1) is 11.3 Å². The molecule has 0 radical (unpaired) electrons. The quantitative estimate of drug-likeness (QED) is 0.761. The second-order valence-electron chi connectivity index (χ2n) is 2.19. The van der Waals surface area contributed by atoms with Gasteiger partial charge in [-0.1, -0.05) is 9.59 Å². The van der Waals surface area contributed by atoms with Crippen molar-refractivity contribution in [3.05, 3.63) is 11.1 Å². The number of amides is 1. The van der Waals surface area contributed by atoms with Gasteiger partial charge in [0.25, 0.3) is 5.91 Å². The van der Waals surface area contributed by atoms with Crippen molar-refractivity contribution in [2.75, 3.05) is 11.1 Å². The first-order chi connectivity index (χ1) is 6.75. The largest absolute Gasteiger partial charge is 0.375 e. The molecular weight excluding hydrogens is 224 g/mol. The molecule has 9 heteroatoms. The summed E-state index contributed by atoms with van der Waals surface area (Å²) in [5.74, 6) is -0.364. The van der Waals surface area contributed by atoms with E-state index in [1.165, 1.54) is 11.3 Å². The van der Waals surface area contributed by atoms with E-state index >= 15 is 0 Å². The van der Waals surface area contributed by atoms with E-state index in [2.05, 4.69) is 25.1 Å². The van der Waals surface area contributed by atoms with Crippen LogP contribution in [-0.4, -0.2) is 25.7 Å². The number of nitrogen functional groups attached to an aromatic ring is 1. The summed E-state index contributed by atoms with van der Waals surface area (Å²) in [6.45, 7) is 0. The third-order valence-electron chi connectivity index (χ3n) is 1.27. The van der Waals surface area contributed by atoms with Gasteiger partial charge >= 0.3 is 0 Å². The van der Waals surface area contributed by atoms with Crippen LogP contribution >= 0.6 is 22.9 Å². The Labute approximate surface area is 86.1 Å². The average molecular weight is 228 g/mol. The molecule has 2 aromatic rings. The van der Waals surface area contributed by atoms with E-state index in [0.29, 0.717) is 10.3 Å². The number of nitrogens with zero attached hydrogens (tertiary/aromatic N) is 4. The zero-order valence-corrected chi connectivity index (χ0v) is 8.30. The van der Waals surface area contributed by atoms with Crippen molar-refractivity contribution >= 4 is 39.0 Å². The minimum absolute atomic E-state index is 0.266. The Bertz CT molecular complexity index is 437. The molecule has 0 aliphatic rings. The van der Waals surface area contributed by atoms with Gasteiger partial charge in [-0.2, -0.15) is 0 Å². The number of nitrogens with one attached hydrogen (secondary N) is 1. The predicted molar refractivity (Wildman–Crippen MR) is 52.2 cm³/mol. The van der Waals surface area contributed by atoms with E-state index in [4.69, 9.17) is 5.73 Å². The van der Waals surface area contributed by atoms with Crippen LogP contribution in [0.1, 0.15) is 10.5 Å². The van der Waals surface area contributed by atoms with E-state index in [1.54, 1.807) is 5.38 Å². The lowest BCUT2D eigenvalue weighted by atomic mass is 10.5. The maximum absolute atomic E-state index is 11.4. The number of aromatic nitrogens is 4. The van der Waals surface area contributed by atoms with Gasteiger partial charge in [0.05, 0.1) is 0 Å². The highest BCUT2D eigenvalue weighted by Crippen LogP contribution is 2.13. The Morgan fingerprint density at radius 3 is 3.00 bits per heavy atom. The van der Waals surface area contributed by atoms with Crippen molar-refractivity contribution in [3.63, 3.8) is 0 Å². The molecule has 72 valence electrons. The van der Waals surface area contributed by atoms with Crippen molar-refractivity contribution < 1.29 is 4.79 Å². The molecule has 0 unspecified atom stereocenters. The summed E-state index contributed by atoms with van der Waals surface area (Å²) < 4.78 is 3.50. The molecule has 2 heterocycles. The first kappa shape index (κ1) is 8.97. The van der Waals surface area contributed by atoms with Crippen LogP contribution in [0.3, 0.4) is 0 Å². The first-order valence-electron chi connectivity index (χ1n) is 3.43. The summed E-state index contributed by atoms with van der Waals surface area (Å²) in [6.07, 6.45) is 0. The summed E-state index contributed by atoms with van der Waals surface area (Å²) in [6, 6.07) is 0. The van der Waals surface area contributed by atoms with Crippen LogP contribution in [0.4, 0.5) is 10.3 Å². The van der Waals surface area contributed by atoms with Crippen molar-refractivity contribution in [2.45, 2.75) is 0 Å². The van der Waals surface area contributed by atoms with Crippen LogP contribution in [-0.2, 0) is 0 Å². The Morgan fingerprint density at radius 1 is 1.57 bits per heavy atom. The van der Waals surface area contributed by atoms with E-state index in [1.807, 2.05) is 0 Å². The van der Waals surface area contributed by atoms with Crippen LogP contribution in [0.25, 0.3) is 0 Å². The highest BCUT2D eigenvalue weighted by Gasteiger charge is 2.11. The number of rotatable bonds is 2. The van der Waals surface area contributed by atoms with Gasteiger partial charge in [0.1, 0.15) is 5.69 Å². The number of anilines is 2. The Hall–Kier alpha value is -1.61. The minimum atomic E-state index is -0.364. The third-order valence-corrected chi connectivity index (χ3v) is 2.46. The van der Waals surface area contributed by atoms with Crippen LogP contribution in [0.2, 0.25) is 0 Å². The predicted octanol–water partition coefficient (Wildman–Crippen LogP) is 0.224. The maximum Gasteiger partial charge on any atom is 0.277 e. The molecule has 0 spiro atoms. The average Bonchev–Trinajstić information content (AvgIpc) is 2.75. The number of carbonyl (C=O) groups excluding carboxylic acids is 1. The van der Waals surface area contributed by atoms with Gasteiger partial charge < -0.3 is 5.73 Å². The highest BCUT2D eigenvalue weighted by atomic mass is 32.1. The number of hydrogen-bond acceptors (Lipinski definition) is 8. The van der Waals surface area contributed by atoms with Gasteiger partial charge in [-0.3, -0.25) is 10.1 Å². The summed E-state index contributed by atoms with van der Waals surface area (Å²) in [7, 11) is 0. The number of carbonyl (C=O) groups is 1. The van der Waals surface area contributed by atoms with E-state index < -0.39 is 0 Å². The van der Waals surface area contributed by atoms with Crippen molar-refractivity contribution in [3.8, 4) is 0 Å². The van der Waals surface area contributed by atoms with Crippen molar-refractivity contribution in [1.82, 2.24) is 19.8 Å². The zero-order chi connectivity index (χ0) is 9.97. The highest BCUT2D eigenvalue weighted by molar-refractivity contribution is 7.13. The van der Waals surface area contributed by atoms with Crippen LogP contribution in [0.5, 0.6) is 0 Å². The van der Waals surface area contributed by atoms with Gasteiger partial charge in [-0.05, 0) is 5.21 Å². The lowest BCUT2D eigenvalue weighted by Gasteiger charge is -1.94. The lowest BCUT2D eigenvalue weighted by molar-refractivity contribution is 0.102. The fraction of sp³-hybridized carbons (Fsp3) is 0. The monoisotopic (exact) mass is 228 g/mol. The molecule has 0 atom stereocenters. The fourth-order valence-corrected chi connectivity index (χ4v) is 1.64. The molecule has 0 aliphatic carbocycles. The van der Waals surface area contributed by atoms with E-state index in [0.717, 1.165) is 11.5 Å². The topological polar surface area (TPSA) is 107 Å². The number of nitrogens with two attached hydrogens (primary N) is 1. The molecule has 3 N–H and O–H groups in total. The lowest BCUT2D eigenvalue weighted by Crippen LogP contribution is -2.12. The Balaban J connectivity index is 2.10. The number of thiazole rings is 1. The second-order valence-corrected chi connectivity index (χ2v) is 3.81. The van der Waals surface area contributed by atoms with Gasteiger partial charge in [0.2, 0.25) is 5.13 Å². The van der Waals surface area contributed by atoms with Gasteiger partial charge in [0.15, 0.2) is 5.13 Å². The second kappa shape index (κ2) is 3.64. The van der Waals surface area contributed by atoms with Crippen LogP contribution in [0.15, 0.2) is 5.38 Å². The SMILES string of the molecule is Nc1nc(C(=O)Nc2nnns2)cs1. The summed E-state index contributed by atoms with van der Waals surface area (Å²) in [5.41, 5.74) is 5.65. The van der Waals surface area contributed by atoms with E-state index in [9.17, 15) is 4.79 Å². The molecule has 0 saturated heterocycles. The summed E-state index contributed by atoms with van der Waals surface area (Å²) >= 11 is 2.20. The fourth-order valence-electron chi connectivity index (χ4n) is 0.735. The minimum Gasteiger partial charge on any atom is -0.375 e. The Morgan fingerprint density at radius 2 is 2.43 bits per heavy atom. The molecule has 0 saturated carbocycles. The molecule has 1 amide bonds. The van der Waals surface area contributed by atoms with Crippen molar-refractivity contribution in [1.29, 1.82) is 0 Å². The van der Waals surface area contributed by atoms with Crippen LogP contribution < -0.4 is 11.1 Å². The van der Waals surface area contributed by atoms with Crippen LogP contribution in [0, 0.1) is 0 Å². The maximum atomic E-state index is 11.4. The molecule has 7 nitrogen and oxygen atoms in total. The zero-order valence-electron chi connectivity index (χ0n) is 6.67. The molecule has 14 heavy (non-hydrogen) atoms. The molecule has 2 rings (SSSR count). The van der Waals surface area contributed by atoms with E-state index in [-0.39, 0.29) is 11.6 Å². The molecular formula is C5H4N6OS2. The van der Waals surface area contributed by atoms with Gasteiger partial charge in [-0.25, -0.2) is 4.98 Å². The third kappa shape index (κ3) is 1.83. The first-order valence-corrected chi connectivity index (χ1v) is 5.08. The number of hydrogen-bond donors (Lipinski definition) is 2. The molecule has 2 aromatic heterocycles. The molecule has 0 fully saturated rings. The molecule has 0 bridgehead atoms. The molecule has 0 aromatic carbocycles. The summed E-state index contributed by atoms with van der Waals surface area (Å²) in [4.78, 5) is 15.2. The molecule has 0 aliphatic heterocycles. The smallest absolute Gasteiger partial charge is 0.277 e. The summed E-state index contributed by atoms with van der Waals surface area (Å²) in [5, 5.41) is 11.6. The normalized spacial score (nSPS) is 10.0. The van der Waals surface area contributed by atoms with Gasteiger partial charge in [0, 0.05) is 16.9 Å². The Kier molecular flexibility index (Phi) is 2.33. The standard InChI is InChI=1S/C5H4N6OS2/c6-4-7-2(1-13-4)3(12)8-5-9-10-11-14-5/h1H,(H2,6,7)(H,8,9,11,12).